The van der Waals surface area contributed by atoms with Crippen LogP contribution < -0.4 is 0 Å². The number of allylic oxidation sites excluding steroid dienone is 1. The van der Waals surface area contributed by atoms with Crippen molar-refractivity contribution in [2.75, 3.05) is 20.1 Å². The van der Waals surface area contributed by atoms with E-state index in [1.54, 1.807) is 6.08 Å². The summed E-state index contributed by atoms with van der Waals surface area (Å²) >= 11 is 0. The van der Waals surface area contributed by atoms with Crippen molar-refractivity contribution < 1.29 is 4.79 Å². The maximum Gasteiger partial charge on any atom is 0.129 e. The van der Waals surface area contributed by atoms with Crippen LogP contribution in [0, 0.1) is 11.3 Å². The van der Waals surface area contributed by atoms with E-state index in [1.165, 1.54) is 12.8 Å². The molecule has 0 aliphatic carbocycles. The number of carbonyl (C=O) groups excluding carboxylic acids is 1. The molecule has 1 rings (SSSR count). The molecule has 1 fully saturated rings. The van der Waals surface area contributed by atoms with E-state index >= 15 is 0 Å². The van der Waals surface area contributed by atoms with Crippen molar-refractivity contribution in [1.29, 1.82) is 0 Å². The van der Waals surface area contributed by atoms with Crippen LogP contribution in [0.5, 0.6) is 0 Å². The topological polar surface area (TPSA) is 20.3 Å². The van der Waals surface area contributed by atoms with Gasteiger partial charge in [0, 0.05) is 5.41 Å². The van der Waals surface area contributed by atoms with Crippen LogP contribution in [-0.2, 0) is 4.79 Å². The number of carbonyl (C=O) groups is 1. The van der Waals surface area contributed by atoms with E-state index in [2.05, 4.69) is 18.5 Å². The summed E-state index contributed by atoms with van der Waals surface area (Å²) in [6, 6.07) is 0. The molecule has 1 aliphatic heterocycles. The molecule has 0 aromatic heterocycles. The van der Waals surface area contributed by atoms with Gasteiger partial charge < -0.3 is 9.69 Å². The third kappa shape index (κ3) is 2.95. The maximum atomic E-state index is 10.9. The number of aldehydes is 1. The summed E-state index contributed by atoms with van der Waals surface area (Å²) in [5.41, 5.74) is -0.305. The molecule has 0 bridgehead atoms. The van der Waals surface area contributed by atoms with Gasteiger partial charge in [0.25, 0.3) is 0 Å². The summed E-state index contributed by atoms with van der Waals surface area (Å²) in [5, 5.41) is 0. The van der Waals surface area contributed by atoms with E-state index in [1.807, 2.05) is 6.92 Å². The van der Waals surface area contributed by atoms with Crippen molar-refractivity contribution in [2.24, 2.45) is 11.3 Å². The molecule has 1 aliphatic rings. The van der Waals surface area contributed by atoms with Crippen LogP contribution in [-0.4, -0.2) is 31.3 Å². The molecule has 0 radical (unpaired) electrons. The number of likely N-dealkylation sites (tertiary alicyclic amines) is 1. The molecule has 0 saturated carbocycles. The first-order valence-corrected chi connectivity index (χ1v) is 5.38. The third-order valence-electron chi connectivity index (χ3n) is 3.30. The summed E-state index contributed by atoms with van der Waals surface area (Å²) in [4.78, 5) is 13.3. The normalized spacial score (nSPS) is 24.1. The Morgan fingerprint density at radius 2 is 2.07 bits per heavy atom. The van der Waals surface area contributed by atoms with Crippen LogP contribution in [0.25, 0.3) is 0 Å². The molecule has 0 N–H and O–H groups in total. The van der Waals surface area contributed by atoms with Gasteiger partial charge in [0.05, 0.1) is 0 Å². The Kier molecular flexibility index (Phi) is 3.87. The van der Waals surface area contributed by atoms with Crippen LogP contribution in [0.1, 0.15) is 26.2 Å². The maximum absolute atomic E-state index is 10.9. The summed E-state index contributed by atoms with van der Waals surface area (Å²) in [6.45, 7) is 8.05. The lowest BCUT2D eigenvalue weighted by Crippen LogP contribution is -2.32. The number of nitrogens with zero attached hydrogens (tertiary/aromatic N) is 1. The first kappa shape index (κ1) is 11.4. The molecule has 0 aromatic rings. The van der Waals surface area contributed by atoms with Gasteiger partial charge in [-0.05, 0) is 52.2 Å². The Morgan fingerprint density at radius 1 is 1.50 bits per heavy atom. The highest BCUT2D eigenvalue weighted by molar-refractivity contribution is 5.61. The minimum Gasteiger partial charge on any atom is -0.306 e. The quantitative estimate of drug-likeness (QED) is 0.506. The number of piperidine rings is 1. The fourth-order valence-electron chi connectivity index (χ4n) is 2.07. The standard InChI is InChI=1S/C12H21NO/c1-4-12(2,10-14)9-11-5-7-13(3)8-6-11/h4,10-11H,1,5-9H2,2-3H3. The molecular formula is C12H21NO. The van der Waals surface area contributed by atoms with Crippen molar-refractivity contribution in [1.82, 2.24) is 4.90 Å². The summed E-state index contributed by atoms with van der Waals surface area (Å²) in [7, 11) is 2.16. The van der Waals surface area contributed by atoms with E-state index in [0.29, 0.717) is 5.92 Å². The first-order valence-electron chi connectivity index (χ1n) is 5.38. The Labute approximate surface area is 87.0 Å². The minimum absolute atomic E-state index is 0.305. The second-order valence-corrected chi connectivity index (χ2v) is 4.78. The van der Waals surface area contributed by atoms with Gasteiger partial charge in [-0.2, -0.15) is 0 Å². The third-order valence-corrected chi connectivity index (χ3v) is 3.30. The summed E-state index contributed by atoms with van der Waals surface area (Å²) in [5.74, 6) is 0.694. The second-order valence-electron chi connectivity index (χ2n) is 4.78. The van der Waals surface area contributed by atoms with Gasteiger partial charge in [-0.1, -0.05) is 6.08 Å². The number of hydrogen-bond acceptors (Lipinski definition) is 2. The summed E-state index contributed by atoms with van der Waals surface area (Å²) < 4.78 is 0. The van der Waals surface area contributed by atoms with E-state index in [0.717, 1.165) is 25.8 Å². The fourth-order valence-corrected chi connectivity index (χ4v) is 2.07. The highest BCUT2D eigenvalue weighted by atomic mass is 16.1. The lowest BCUT2D eigenvalue weighted by molar-refractivity contribution is -0.114. The van der Waals surface area contributed by atoms with E-state index in [4.69, 9.17) is 0 Å². The molecular weight excluding hydrogens is 174 g/mol. The predicted octanol–water partition coefficient (Wildman–Crippen LogP) is 2.11. The molecule has 1 saturated heterocycles. The molecule has 0 amide bonds. The van der Waals surface area contributed by atoms with Gasteiger partial charge in [-0.3, -0.25) is 0 Å². The molecule has 14 heavy (non-hydrogen) atoms. The van der Waals surface area contributed by atoms with Gasteiger partial charge in [0.2, 0.25) is 0 Å². The first-order chi connectivity index (χ1) is 6.59. The highest BCUT2D eigenvalue weighted by Gasteiger charge is 2.26. The molecule has 80 valence electrons. The number of rotatable bonds is 4. The zero-order valence-corrected chi connectivity index (χ0v) is 9.33. The molecule has 2 nitrogen and oxygen atoms in total. The molecule has 1 heterocycles. The van der Waals surface area contributed by atoms with E-state index in [-0.39, 0.29) is 5.41 Å². The van der Waals surface area contributed by atoms with Crippen LogP contribution in [0.4, 0.5) is 0 Å². The van der Waals surface area contributed by atoms with Gasteiger partial charge in [0.1, 0.15) is 6.29 Å². The Hall–Kier alpha value is -0.630. The van der Waals surface area contributed by atoms with Crippen molar-refractivity contribution in [3.63, 3.8) is 0 Å². The molecule has 1 unspecified atom stereocenters. The average Bonchev–Trinajstić information content (AvgIpc) is 2.21. The zero-order chi connectivity index (χ0) is 10.6. The predicted molar refractivity (Wildman–Crippen MR) is 59.2 cm³/mol. The molecule has 1 atom stereocenters. The van der Waals surface area contributed by atoms with Crippen molar-refractivity contribution in [2.45, 2.75) is 26.2 Å². The minimum atomic E-state index is -0.305. The summed E-state index contributed by atoms with van der Waals surface area (Å²) in [6.07, 6.45) is 6.23. The monoisotopic (exact) mass is 195 g/mol. The van der Waals surface area contributed by atoms with E-state index in [9.17, 15) is 4.79 Å². The van der Waals surface area contributed by atoms with Crippen molar-refractivity contribution >= 4 is 6.29 Å². The van der Waals surface area contributed by atoms with Crippen LogP contribution >= 0.6 is 0 Å². The van der Waals surface area contributed by atoms with Gasteiger partial charge in [-0.25, -0.2) is 0 Å². The fraction of sp³-hybridized carbons (Fsp3) is 0.750. The van der Waals surface area contributed by atoms with Gasteiger partial charge in [-0.15, -0.1) is 6.58 Å². The lowest BCUT2D eigenvalue weighted by atomic mass is 9.79. The molecule has 0 spiro atoms. The Balaban J connectivity index is 2.44. The van der Waals surface area contributed by atoms with Crippen molar-refractivity contribution in [3.05, 3.63) is 12.7 Å². The van der Waals surface area contributed by atoms with Crippen molar-refractivity contribution in [3.8, 4) is 0 Å². The Bertz CT molecular complexity index is 196. The highest BCUT2D eigenvalue weighted by Crippen LogP contribution is 2.30. The zero-order valence-electron chi connectivity index (χ0n) is 9.33. The smallest absolute Gasteiger partial charge is 0.129 e. The number of hydrogen-bond donors (Lipinski definition) is 0. The average molecular weight is 195 g/mol. The lowest BCUT2D eigenvalue weighted by Gasteiger charge is -2.32. The van der Waals surface area contributed by atoms with Crippen LogP contribution in [0.3, 0.4) is 0 Å². The van der Waals surface area contributed by atoms with E-state index < -0.39 is 0 Å². The van der Waals surface area contributed by atoms with Gasteiger partial charge in [0.15, 0.2) is 0 Å². The SMILES string of the molecule is C=CC(C)(C=O)CC1CCN(C)CC1. The Morgan fingerprint density at radius 3 is 2.50 bits per heavy atom. The van der Waals surface area contributed by atoms with Gasteiger partial charge >= 0.3 is 0 Å². The largest absolute Gasteiger partial charge is 0.306 e. The molecule has 0 aromatic carbocycles. The van der Waals surface area contributed by atoms with Crippen LogP contribution in [0.15, 0.2) is 12.7 Å². The van der Waals surface area contributed by atoms with Crippen LogP contribution in [0.2, 0.25) is 0 Å². The molecule has 2 heteroatoms. The second kappa shape index (κ2) is 4.74.